The molecule has 120 valence electrons. The van der Waals surface area contributed by atoms with Gasteiger partial charge in [0.25, 0.3) is 0 Å². The fraction of sp³-hybridized carbons (Fsp3) is 0.941. The second-order valence-corrected chi connectivity index (χ2v) is 8.02. The average molecular weight is 295 g/mol. The lowest BCUT2D eigenvalue weighted by Crippen LogP contribution is -2.56. The molecule has 1 amide bonds. The maximum atomic E-state index is 12.5. The van der Waals surface area contributed by atoms with Gasteiger partial charge in [0, 0.05) is 33.7 Å². The molecule has 2 unspecified atom stereocenters. The van der Waals surface area contributed by atoms with Gasteiger partial charge in [0.1, 0.15) is 0 Å². The van der Waals surface area contributed by atoms with Crippen LogP contribution in [0.5, 0.6) is 0 Å². The van der Waals surface area contributed by atoms with E-state index in [4.69, 9.17) is 4.74 Å². The zero-order valence-electron chi connectivity index (χ0n) is 13.4. The number of ether oxygens (including phenoxy) is 1. The van der Waals surface area contributed by atoms with Crippen LogP contribution in [-0.2, 0) is 9.53 Å². The lowest BCUT2D eigenvalue weighted by Gasteiger charge is -2.60. The van der Waals surface area contributed by atoms with Crippen LogP contribution in [0.25, 0.3) is 0 Å². The molecule has 4 heteroatoms. The zero-order chi connectivity index (χ0) is 15.1. The third kappa shape index (κ3) is 3.11. The Labute approximate surface area is 127 Å². The van der Waals surface area contributed by atoms with Gasteiger partial charge in [-0.2, -0.15) is 0 Å². The van der Waals surface area contributed by atoms with Crippen molar-refractivity contribution in [2.45, 2.75) is 57.0 Å². The second kappa shape index (κ2) is 5.54. The SMILES string of the molecule is COCCCN(C)C(=O)CC12CC3CC(CC(O)(C3)C1)C2. The highest BCUT2D eigenvalue weighted by atomic mass is 16.5. The van der Waals surface area contributed by atoms with Crippen molar-refractivity contribution in [1.29, 1.82) is 0 Å². The van der Waals surface area contributed by atoms with Gasteiger partial charge in [-0.3, -0.25) is 4.79 Å². The van der Waals surface area contributed by atoms with Gasteiger partial charge in [-0.15, -0.1) is 0 Å². The van der Waals surface area contributed by atoms with Crippen molar-refractivity contribution < 1.29 is 14.6 Å². The van der Waals surface area contributed by atoms with E-state index >= 15 is 0 Å². The van der Waals surface area contributed by atoms with Crippen molar-refractivity contribution in [1.82, 2.24) is 4.90 Å². The normalized spacial score (nSPS) is 40.5. The molecule has 4 rings (SSSR count). The Morgan fingerprint density at radius 1 is 1.29 bits per heavy atom. The van der Waals surface area contributed by atoms with Crippen molar-refractivity contribution in [2.24, 2.45) is 17.3 Å². The number of nitrogens with zero attached hydrogens (tertiary/aromatic N) is 1. The molecule has 4 bridgehead atoms. The van der Waals surface area contributed by atoms with Gasteiger partial charge in [0.05, 0.1) is 5.60 Å². The molecule has 0 aromatic heterocycles. The lowest BCUT2D eigenvalue weighted by molar-refractivity contribution is -0.171. The first kappa shape index (κ1) is 15.3. The average Bonchev–Trinajstić information content (AvgIpc) is 2.35. The van der Waals surface area contributed by atoms with Crippen molar-refractivity contribution in [3.63, 3.8) is 0 Å². The van der Waals surface area contributed by atoms with E-state index in [-0.39, 0.29) is 11.3 Å². The van der Waals surface area contributed by atoms with Gasteiger partial charge < -0.3 is 14.7 Å². The standard InChI is InChI=1S/C17H29NO3/c1-18(4-3-5-21-2)15(19)11-16-7-13-6-14(8-16)10-17(20,9-13)12-16/h13-14,20H,3-12H2,1-2H3. The van der Waals surface area contributed by atoms with Crippen LogP contribution in [0.15, 0.2) is 0 Å². The first-order chi connectivity index (χ1) is 9.94. The maximum Gasteiger partial charge on any atom is 0.222 e. The summed E-state index contributed by atoms with van der Waals surface area (Å²) < 4.78 is 5.05. The predicted octanol–water partition coefficient (Wildman–Crippen LogP) is 2.20. The van der Waals surface area contributed by atoms with E-state index in [2.05, 4.69) is 0 Å². The Bertz CT molecular complexity index is 395. The van der Waals surface area contributed by atoms with Gasteiger partial charge in [0.15, 0.2) is 0 Å². The van der Waals surface area contributed by atoms with Gasteiger partial charge in [-0.25, -0.2) is 0 Å². The maximum absolute atomic E-state index is 12.5. The summed E-state index contributed by atoms with van der Waals surface area (Å²) in [5.74, 6) is 1.56. The summed E-state index contributed by atoms with van der Waals surface area (Å²) >= 11 is 0. The first-order valence-electron chi connectivity index (χ1n) is 8.39. The van der Waals surface area contributed by atoms with Crippen molar-refractivity contribution in [2.75, 3.05) is 27.3 Å². The van der Waals surface area contributed by atoms with E-state index in [9.17, 15) is 9.90 Å². The first-order valence-corrected chi connectivity index (χ1v) is 8.39. The molecule has 4 nitrogen and oxygen atoms in total. The van der Waals surface area contributed by atoms with Crippen LogP contribution in [-0.4, -0.2) is 48.8 Å². The Morgan fingerprint density at radius 3 is 2.52 bits per heavy atom. The Balaban J connectivity index is 1.60. The molecular formula is C17H29NO3. The van der Waals surface area contributed by atoms with Crippen LogP contribution < -0.4 is 0 Å². The van der Waals surface area contributed by atoms with Crippen LogP contribution >= 0.6 is 0 Å². The fourth-order valence-corrected chi connectivity index (χ4v) is 5.64. The van der Waals surface area contributed by atoms with Crippen molar-refractivity contribution in [3.05, 3.63) is 0 Å². The number of hydrogen-bond donors (Lipinski definition) is 1. The van der Waals surface area contributed by atoms with E-state index in [0.717, 1.165) is 45.1 Å². The van der Waals surface area contributed by atoms with Crippen LogP contribution in [0.2, 0.25) is 0 Å². The molecule has 0 aromatic carbocycles. The van der Waals surface area contributed by atoms with Crippen molar-refractivity contribution in [3.8, 4) is 0 Å². The van der Waals surface area contributed by atoms with E-state index in [0.29, 0.717) is 24.9 Å². The minimum Gasteiger partial charge on any atom is -0.390 e. The number of amides is 1. The van der Waals surface area contributed by atoms with Gasteiger partial charge in [-0.1, -0.05) is 0 Å². The molecule has 21 heavy (non-hydrogen) atoms. The number of rotatable bonds is 6. The molecule has 1 N–H and O–H groups in total. The summed E-state index contributed by atoms with van der Waals surface area (Å²) in [6.45, 7) is 1.46. The topological polar surface area (TPSA) is 49.8 Å². The number of methoxy groups -OCH3 is 1. The van der Waals surface area contributed by atoms with Crippen LogP contribution in [0.3, 0.4) is 0 Å². The molecular weight excluding hydrogens is 266 g/mol. The van der Waals surface area contributed by atoms with Crippen LogP contribution in [0.4, 0.5) is 0 Å². The molecule has 0 radical (unpaired) electrons. The third-order valence-corrected chi connectivity index (χ3v) is 5.95. The van der Waals surface area contributed by atoms with E-state index < -0.39 is 5.60 Å². The minimum atomic E-state index is -0.459. The van der Waals surface area contributed by atoms with E-state index in [1.165, 1.54) is 6.42 Å². The number of carbonyl (C=O) groups excluding carboxylic acids is 1. The summed E-state index contributed by atoms with van der Waals surface area (Å²) in [5.41, 5.74) is -0.371. The highest BCUT2D eigenvalue weighted by Crippen LogP contribution is 2.62. The highest BCUT2D eigenvalue weighted by Gasteiger charge is 2.57. The van der Waals surface area contributed by atoms with E-state index in [1.54, 1.807) is 7.11 Å². The molecule has 2 atom stereocenters. The highest BCUT2D eigenvalue weighted by molar-refractivity contribution is 5.76. The number of carbonyl (C=O) groups is 1. The van der Waals surface area contributed by atoms with Crippen LogP contribution in [0.1, 0.15) is 51.4 Å². The molecule has 0 spiro atoms. The summed E-state index contributed by atoms with van der Waals surface area (Å²) in [7, 11) is 3.59. The largest absolute Gasteiger partial charge is 0.390 e. The minimum absolute atomic E-state index is 0.0887. The van der Waals surface area contributed by atoms with Gasteiger partial charge >= 0.3 is 0 Å². The fourth-order valence-electron chi connectivity index (χ4n) is 5.64. The number of hydrogen-bond acceptors (Lipinski definition) is 3. The van der Waals surface area contributed by atoms with Gasteiger partial charge in [-0.05, 0) is 62.2 Å². The molecule has 0 aromatic rings. The predicted molar refractivity (Wildman–Crippen MR) is 80.8 cm³/mol. The second-order valence-electron chi connectivity index (χ2n) is 8.02. The smallest absolute Gasteiger partial charge is 0.222 e. The summed E-state index contributed by atoms with van der Waals surface area (Å²) in [6.07, 6.45) is 7.92. The number of aliphatic hydroxyl groups is 1. The third-order valence-electron chi connectivity index (χ3n) is 5.95. The van der Waals surface area contributed by atoms with Gasteiger partial charge in [0.2, 0.25) is 5.91 Å². The summed E-state index contributed by atoms with van der Waals surface area (Å²) in [5, 5.41) is 10.8. The molecule has 4 saturated carbocycles. The zero-order valence-corrected chi connectivity index (χ0v) is 13.4. The Hall–Kier alpha value is -0.610. The summed E-state index contributed by atoms with van der Waals surface area (Å²) in [4.78, 5) is 14.4. The molecule has 4 aliphatic rings. The molecule has 4 aliphatic carbocycles. The molecule has 0 aliphatic heterocycles. The Morgan fingerprint density at radius 2 is 1.95 bits per heavy atom. The lowest BCUT2D eigenvalue weighted by atomic mass is 9.47. The van der Waals surface area contributed by atoms with Crippen LogP contribution in [0, 0.1) is 17.3 Å². The molecule has 0 saturated heterocycles. The van der Waals surface area contributed by atoms with Crippen molar-refractivity contribution >= 4 is 5.91 Å². The van der Waals surface area contributed by atoms with E-state index in [1.807, 2.05) is 11.9 Å². The Kier molecular flexibility index (Phi) is 4.04. The molecule has 4 fully saturated rings. The quantitative estimate of drug-likeness (QED) is 0.764. The molecule has 0 heterocycles. The summed E-state index contributed by atoms with van der Waals surface area (Å²) in [6, 6.07) is 0. The monoisotopic (exact) mass is 295 g/mol.